The van der Waals surface area contributed by atoms with Crippen LogP contribution in [0.3, 0.4) is 0 Å². The molecular formula is C11H7F5O4. The fraction of sp³-hybridized carbons (Fsp3) is 0.182. The van der Waals surface area contributed by atoms with Gasteiger partial charge in [0.25, 0.3) is 0 Å². The maximum Gasteiger partial charge on any atom is 0.573 e. The zero-order valence-corrected chi connectivity index (χ0v) is 9.53. The van der Waals surface area contributed by atoms with Crippen molar-refractivity contribution >= 4 is 12.0 Å². The van der Waals surface area contributed by atoms with Crippen LogP contribution in [0.15, 0.2) is 24.3 Å². The predicted molar refractivity (Wildman–Crippen MR) is 56.4 cm³/mol. The van der Waals surface area contributed by atoms with Gasteiger partial charge in [0.15, 0.2) is 0 Å². The minimum Gasteiger partial charge on any atom is -0.478 e. The maximum atomic E-state index is 12.1. The number of carboxylic acid groups (broad SMARTS) is 1. The molecule has 0 aliphatic rings. The van der Waals surface area contributed by atoms with E-state index in [1.165, 1.54) is 0 Å². The molecule has 110 valence electrons. The third-order valence-corrected chi connectivity index (χ3v) is 1.84. The lowest BCUT2D eigenvalue weighted by Crippen LogP contribution is -2.17. The Morgan fingerprint density at radius 3 is 2.45 bits per heavy atom. The molecule has 0 aliphatic carbocycles. The molecule has 0 aromatic heterocycles. The summed E-state index contributed by atoms with van der Waals surface area (Å²) in [6.45, 7) is -3.21. The van der Waals surface area contributed by atoms with Crippen molar-refractivity contribution in [3.63, 3.8) is 0 Å². The molecule has 0 fully saturated rings. The van der Waals surface area contributed by atoms with E-state index >= 15 is 0 Å². The first-order valence-corrected chi connectivity index (χ1v) is 4.93. The van der Waals surface area contributed by atoms with Crippen molar-refractivity contribution in [2.24, 2.45) is 0 Å². The Bertz CT molecular complexity index is 510. The van der Waals surface area contributed by atoms with Gasteiger partial charge in [-0.1, -0.05) is 0 Å². The molecule has 0 amide bonds. The van der Waals surface area contributed by atoms with Crippen molar-refractivity contribution in [1.29, 1.82) is 0 Å². The van der Waals surface area contributed by atoms with Crippen LogP contribution < -0.4 is 9.47 Å². The second-order valence-electron chi connectivity index (χ2n) is 3.30. The molecule has 9 heteroatoms. The molecular weight excluding hydrogens is 291 g/mol. The summed E-state index contributed by atoms with van der Waals surface area (Å²) in [5.41, 5.74) is -0.297. The van der Waals surface area contributed by atoms with Crippen LogP contribution in [0.4, 0.5) is 22.0 Å². The second-order valence-corrected chi connectivity index (χ2v) is 3.30. The largest absolute Gasteiger partial charge is 0.573 e. The summed E-state index contributed by atoms with van der Waals surface area (Å²) in [5, 5.41) is 8.42. The number of hydrogen-bond acceptors (Lipinski definition) is 3. The first-order valence-electron chi connectivity index (χ1n) is 4.93. The number of carbonyl (C=O) groups is 1. The third kappa shape index (κ3) is 5.55. The summed E-state index contributed by atoms with van der Waals surface area (Å²) in [5.74, 6) is -2.58. The molecule has 0 atom stereocenters. The van der Waals surface area contributed by atoms with Gasteiger partial charge in [-0.3, -0.25) is 0 Å². The van der Waals surface area contributed by atoms with Gasteiger partial charge >= 0.3 is 18.9 Å². The maximum absolute atomic E-state index is 12.1. The predicted octanol–water partition coefficient (Wildman–Crippen LogP) is 3.28. The van der Waals surface area contributed by atoms with Gasteiger partial charge in [-0.25, -0.2) is 4.79 Å². The molecule has 0 unspecified atom stereocenters. The van der Waals surface area contributed by atoms with Crippen LogP contribution in [0, 0.1) is 0 Å². The number of ether oxygens (including phenoxy) is 2. The molecule has 0 aliphatic heterocycles. The first kappa shape index (κ1) is 15.7. The SMILES string of the molecule is O=C(O)/C=C/c1cc(OC(F)(F)F)ccc1OC(F)F. The average molecular weight is 298 g/mol. The molecule has 1 aromatic carbocycles. The number of carboxylic acids is 1. The van der Waals surface area contributed by atoms with Crippen LogP contribution in [-0.4, -0.2) is 24.0 Å². The van der Waals surface area contributed by atoms with E-state index in [0.29, 0.717) is 6.08 Å². The van der Waals surface area contributed by atoms with Gasteiger partial charge in [0.05, 0.1) is 0 Å². The number of benzene rings is 1. The summed E-state index contributed by atoms with van der Waals surface area (Å²) < 4.78 is 67.9. The van der Waals surface area contributed by atoms with Crippen molar-refractivity contribution in [1.82, 2.24) is 0 Å². The molecule has 1 rings (SSSR count). The Kier molecular flexibility index (Phi) is 4.89. The molecule has 1 N–H and O–H groups in total. The number of aliphatic carboxylic acids is 1. The highest BCUT2D eigenvalue weighted by atomic mass is 19.4. The topological polar surface area (TPSA) is 55.8 Å². The van der Waals surface area contributed by atoms with Gasteiger partial charge < -0.3 is 14.6 Å². The van der Waals surface area contributed by atoms with Gasteiger partial charge in [0, 0.05) is 11.6 Å². The van der Waals surface area contributed by atoms with Crippen molar-refractivity contribution in [2.45, 2.75) is 13.0 Å². The second kappa shape index (κ2) is 6.22. The van der Waals surface area contributed by atoms with Crippen LogP contribution in [0.25, 0.3) is 6.08 Å². The van der Waals surface area contributed by atoms with Crippen molar-refractivity contribution < 1.29 is 41.3 Å². The normalized spacial score (nSPS) is 11.9. The van der Waals surface area contributed by atoms with E-state index in [9.17, 15) is 26.7 Å². The fourth-order valence-electron chi connectivity index (χ4n) is 1.22. The molecule has 0 heterocycles. The smallest absolute Gasteiger partial charge is 0.478 e. The average Bonchev–Trinajstić information content (AvgIpc) is 2.26. The van der Waals surface area contributed by atoms with Gasteiger partial charge in [-0.2, -0.15) is 8.78 Å². The van der Waals surface area contributed by atoms with Crippen LogP contribution in [0.2, 0.25) is 0 Å². The van der Waals surface area contributed by atoms with Gasteiger partial charge in [-0.05, 0) is 24.3 Å². The van der Waals surface area contributed by atoms with Crippen molar-refractivity contribution in [3.8, 4) is 11.5 Å². The van der Waals surface area contributed by atoms with E-state index in [0.717, 1.165) is 24.3 Å². The summed E-state index contributed by atoms with van der Waals surface area (Å²) in [6, 6.07) is 2.31. The Morgan fingerprint density at radius 1 is 1.30 bits per heavy atom. The fourth-order valence-corrected chi connectivity index (χ4v) is 1.22. The first-order chi connectivity index (χ1) is 9.17. The van der Waals surface area contributed by atoms with E-state index in [1.807, 2.05) is 0 Å². The van der Waals surface area contributed by atoms with Gasteiger partial charge in [-0.15, -0.1) is 13.2 Å². The number of alkyl halides is 5. The van der Waals surface area contributed by atoms with Crippen LogP contribution in [0.1, 0.15) is 5.56 Å². The lowest BCUT2D eigenvalue weighted by atomic mass is 10.1. The van der Waals surface area contributed by atoms with E-state index < -0.39 is 30.4 Å². The highest BCUT2D eigenvalue weighted by molar-refractivity contribution is 5.86. The Balaban J connectivity index is 3.10. The zero-order chi connectivity index (χ0) is 15.3. The summed E-state index contributed by atoms with van der Waals surface area (Å²) in [6.07, 6.45) is -3.59. The summed E-state index contributed by atoms with van der Waals surface area (Å²) >= 11 is 0. The summed E-state index contributed by atoms with van der Waals surface area (Å²) in [7, 11) is 0. The zero-order valence-electron chi connectivity index (χ0n) is 9.53. The molecule has 20 heavy (non-hydrogen) atoms. The Labute approximate surface area is 109 Å². The molecule has 0 saturated heterocycles. The minimum absolute atomic E-state index is 0.297. The molecule has 0 saturated carbocycles. The molecule has 0 radical (unpaired) electrons. The Morgan fingerprint density at radius 2 is 1.95 bits per heavy atom. The van der Waals surface area contributed by atoms with Crippen LogP contribution >= 0.6 is 0 Å². The van der Waals surface area contributed by atoms with E-state index in [-0.39, 0.29) is 5.56 Å². The number of halogens is 5. The van der Waals surface area contributed by atoms with Crippen molar-refractivity contribution in [2.75, 3.05) is 0 Å². The number of rotatable bonds is 5. The monoisotopic (exact) mass is 298 g/mol. The standard InChI is InChI=1S/C11H7F5O4/c12-10(13)19-8-3-2-7(20-11(14,15)16)5-6(8)1-4-9(17)18/h1-5,10H,(H,17,18)/b4-1+. The highest BCUT2D eigenvalue weighted by Gasteiger charge is 2.31. The lowest BCUT2D eigenvalue weighted by molar-refractivity contribution is -0.274. The highest BCUT2D eigenvalue weighted by Crippen LogP contribution is 2.30. The van der Waals surface area contributed by atoms with Gasteiger partial charge in [0.1, 0.15) is 11.5 Å². The minimum atomic E-state index is -4.96. The van der Waals surface area contributed by atoms with Crippen LogP contribution in [-0.2, 0) is 4.79 Å². The lowest BCUT2D eigenvalue weighted by Gasteiger charge is -2.12. The number of hydrogen-bond donors (Lipinski definition) is 1. The molecule has 1 aromatic rings. The van der Waals surface area contributed by atoms with Crippen LogP contribution in [0.5, 0.6) is 11.5 Å². The quantitative estimate of drug-likeness (QED) is 0.669. The van der Waals surface area contributed by atoms with E-state index in [2.05, 4.69) is 9.47 Å². The molecule has 4 nitrogen and oxygen atoms in total. The van der Waals surface area contributed by atoms with Gasteiger partial charge in [0.2, 0.25) is 0 Å². The van der Waals surface area contributed by atoms with Crippen molar-refractivity contribution in [3.05, 3.63) is 29.8 Å². The summed E-state index contributed by atoms with van der Waals surface area (Å²) in [4.78, 5) is 10.3. The van der Waals surface area contributed by atoms with E-state index in [1.54, 1.807) is 0 Å². The third-order valence-electron chi connectivity index (χ3n) is 1.84. The molecule has 0 bridgehead atoms. The molecule has 0 spiro atoms. The van der Waals surface area contributed by atoms with E-state index in [4.69, 9.17) is 5.11 Å². The Hall–Kier alpha value is -2.32.